The van der Waals surface area contributed by atoms with Gasteiger partial charge in [0.2, 0.25) is 5.91 Å². The van der Waals surface area contributed by atoms with E-state index in [1.807, 2.05) is 0 Å². The van der Waals surface area contributed by atoms with Crippen LogP contribution in [0.2, 0.25) is 0 Å². The Kier molecular flexibility index (Phi) is 2.95. The number of fused-ring (bicyclic) bond motifs is 2. The molecular formula is C19H18NO6-. The van der Waals surface area contributed by atoms with Crippen molar-refractivity contribution >= 4 is 17.7 Å². The van der Waals surface area contributed by atoms with Gasteiger partial charge in [-0.3, -0.25) is 9.59 Å². The summed E-state index contributed by atoms with van der Waals surface area (Å²) < 4.78 is 11.6. The third kappa shape index (κ3) is 1.60. The molecule has 0 radical (unpaired) electrons. The third-order valence-electron chi connectivity index (χ3n) is 6.62. The number of amides is 1. The highest BCUT2D eigenvalue weighted by atomic mass is 16.5. The molecule has 1 aromatic heterocycles. The highest BCUT2D eigenvalue weighted by Crippen LogP contribution is 2.60. The van der Waals surface area contributed by atoms with Gasteiger partial charge in [0, 0.05) is 23.7 Å². The molecule has 5 heterocycles. The van der Waals surface area contributed by atoms with E-state index in [4.69, 9.17) is 9.15 Å². The summed E-state index contributed by atoms with van der Waals surface area (Å²) in [5, 5.41) is 11.7. The zero-order chi connectivity index (χ0) is 18.4. The van der Waals surface area contributed by atoms with Crippen LogP contribution in [0.1, 0.15) is 25.6 Å². The second kappa shape index (κ2) is 4.85. The Labute approximate surface area is 149 Å². The largest absolute Gasteiger partial charge is 0.550 e. The Morgan fingerprint density at radius 2 is 2.04 bits per heavy atom. The predicted molar refractivity (Wildman–Crippen MR) is 84.1 cm³/mol. The summed E-state index contributed by atoms with van der Waals surface area (Å²) in [6.45, 7) is 3.57. The summed E-state index contributed by atoms with van der Waals surface area (Å²) in [5.41, 5.74) is -1.09. The summed E-state index contributed by atoms with van der Waals surface area (Å²) in [5.74, 6) is -3.87. The number of rotatable bonds is 2. The number of Topliss-reactive ketones (excluding diaryl/α,β-unsaturated/α-hetero) is 1. The Bertz CT molecular complexity index is 844. The van der Waals surface area contributed by atoms with Gasteiger partial charge in [-0.1, -0.05) is 26.0 Å². The Hall–Kier alpha value is -2.41. The topological polar surface area (TPSA) is 99.9 Å². The van der Waals surface area contributed by atoms with E-state index >= 15 is 0 Å². The molecule has 1 spiro atoms. The second-order valence-corrected chi connectivity index (χ2v) is 7.75. The van der Waals surface area contributed by atoms with Crippen molar-refractivity contribution in [1.29, 1.82) is 0 Å². The molecule has 7 nitrogen and oxygen atoms in total. The van der Waals surface area contributed by atoms with Crippen molar-refractivity contribution in [3.8, 4) is 0 Å². The van der Waals surface area contributed by atoms with E-state index in [1.54, 1.807) is 43.0 Å². The van der Waals surface area contributed by atoms with E-state index < -0.39 is 53.4 Å². The molecule has 1 aromatic rings. The van der Waals surface area contributed by atoms with Gasteiger partial charge in [0.15, 0.2) is 0 Å². The number of piperidine rings is 1. The number of carbonyl (C=O) groups is 3. The lowest BCUT2D eigenvalue weighted by Crippen LogP contribution is -2.58. The van der Waals surface area contributed by atoms with Crippen LogP contribution in [0, 0.1) is 23.7 Å². The molecule has 2 bridgehead atoms. The number of ether oxygens (including phenoxy) is 1. The summed E-state index contributed by atoms with van der Waals surface area (Å²) in [7, 11) is 0. The monoisotopic (exact) mass is 356 g/mol. The average Bonchev–Trinajstić information content (AvgIpc) is 3.35. The maximum atomic E-state index is 13.4. The molecule has 7 heteroatoms. The summed E-state index contributed by atoms with van der Waals surface area (Å²) in [4.78, 5) is 39.7. The van der Waals surface area contributed by atoms with Crippen LogP contribution in [0.3, 0.4) is 0 Å². The first-order chi connectivity index (χ1) is 12.4. The van der Waals surface area contributed by atoms with Gasteiger partial charge < -0.3 is 24.0 Å². The number of hydrogen-bond acceptors (Lipinski definition) is 6. The SMILES string of the molecule is C[C@@H]1C(=O)[C@@H](C)[C@H](c2ccco2)N2C(=O)[C@H]3[C@@H](C(=O)[O-])[C@H]4C=C[C@@]3(O4)[C@H]12. The molecule has 136 valence electrons. The van der Waals surface area contributed by atoms with Crippen LogP contribution in [0.5, 0.6) is 0 Å². The normalized spacial score (nSPS) is 45.9. The van der Waals surface area contributed by atoms with Gasteiger partial charge in [0.25, 0.3) is 0 Å². The van der Waals surface area contributed by atoms with Crippen molar-refractivity contribution < 1.29 is 28.6 Å². The first-order valence-corrected chi connectivity index (χ1v) is 8.86. The fourth-order valence-electron chi connectivity index (χ4n) is 5.64. The minimum atomic E-state index is -1.29. The first kappa shape index (κ1) is 15.8. The van der Waals surface area contributed by atoms with Crippen LogP contribution in [0.25, 0.3) is 0 Å². The van der Waals surface area contributed by atoms with Crippen LogP contribution in [-0.4, -0.2) is 40.3 Å². The lowest BCUT2D eigenvalue weighted by molar-refractivity contribution is -0.313. The number of carboxylic acid groups (broad SMARTS) is 1. The second-order valence-electron chi connectivity index (χ2n) is 7.75. The van der Waals surface area contributed by atoms with E-state index in [0.717, 1.165) is 0 Å². The van der Waals surface area contributed by atoms with Gasteiger partial charge in [-0.25, -0.2) is 0 Å². The average molecular weight is 356 g/mol. The minimum Gasteiger partial charge on any atom is -0.550 e. The lowest BCUT2D eigenvalue weighted by Gasteiger charge is -2.46. The van der Waals surface area contributed by atoms with Crippen molar-refractivity contribution in [2.45, 2.75) is 37.6 Å². The summed E-state index contributed by atoms with van der Waals surface area (Å²) >= 11 is 0. The van der Waals surface area contributed by atoms with Crippen LogP contribution >= 0.6 is 0 Å². The number of carboxylic acids is 1. The highest BCUT2D eigenvalue weighted by Gasteiger charge is 2.73. The fraction of sp³-hybridized carbons (Fsp3) is 0.526. The zero-order valence-electron chi connectivity index (χ0n) is 14.3. The van der Waals surface area contributed by atoms with E-state index in [9.17, 15) is 19.5 Å². The number of hydrogen-bond donors (Lipinski definition) is 0. The van der Waals surface area contributed by atoms with Gasteiger partial charge in [-0.05, 0) is 12.1 Å². The van der Waals surface area contributed by atoms with Crippen LogP contribution in [0.15, 0.2) is 35.0 Å². The molecular weight excluding hydrogens is 338 g/mol. The van der Waals surface area contributed by atoms with Gasteiger partial charge in [0.1, 0.15) is 17.1 Å². The molecule has 0 saturated carbocycles. The van der Waals surface area contributed by atoms with Crippen LogP contribution in [0.4, 0.5) is 0 Å². The lowest BCUT2D eigenvalue weighted by atomic mass is 9.69. The number of nitrogens with zero attached hydrogens (tertiary/aromatic N) is 1. The first-order valence-electron chi connectivity index (χ1n) is 8.86. The number of ketones is 1. The van der Waals surface area contributed by atoms with Crippen molar-refractivity contribution in [3.63, 3.8) is 0 Å². The molecule has 0 unspecified atom stereocenters. The van der Waals surface area contributed by atoms with E-state index in [-0.39, 0.29) is 11.7 Å². The van der Waals surface area contributed by atoms with E-state index in [1.165, 1.54) is 6.26 Å². The zero-order valence-corrected chi connectivity index (χ0v) is 14.3. The Morgan fingerprint density at radius 1 is 1.27 bits per heavy atom. The van der Waals surface area contributed by atoms with Gasteiger partial charge in [-0.2, -0.15) is 0 Å². The molecule has 1 amide bonds. The summed E-state index contributed by atoms with van der Waals surface area (Å²) in [6.07, 6.45) is 4.29. The molecule has 3 fully saturated rings. The number of furan rings is 1. The van der Waals surface area contributed by atoms with Crippen molar-refractivity contribution in [3.05, 3.63) is 36.3 Å². The third-order valence-corrected chi connectivity index (χ3v) is 6.62. The fourth-order valence-corrected chi connectivity index (χ4v) is 5.64. The van der Waals surface area contributed by atoms with Gasteiger partial charge >= 0.3 is 0 Å². The van der Waals surface area contributed by atoms with E-state index in [2.05, 4.69) is 0 Å². The van der Waals surface area contributed by atoms with Crippen molar-refractivity contribution in [2.75, 3.05) is 0 Å². The maximum absolute atomic E-state index is 13.4. The summed E-state index contributed by atoms with van der Waals surface area (Å²) in [6, 6.07) is 2.34. The molecule has 8 atom stereocenters. The molecule has 4 aliphatic heterocycles. The molecule has 0 aromatic carbocycles. The van der Waals surface area contributed by atoms with Crippen molar-refractivity contribution in [2.24, 2.45) is 23.7 Å². The highest BCUT2D eigenvalue weighted by molar-refractivity contribution is 5.95. The van der Waals surface area contributed by atoms with E-state index in [0.29, 0.717) is 5.76 Å². The molecule has 0 aliphatic carbocycles. The molecule has 4 aliphatic rings. The number of aliphatic carboxylic acids is 1. The van der Waals surface area contributed by atoms with Gasteiger partial charge in [-0.15, -0.1) is 0 Å². The molecule has 3 saturated heterocycles. The van der Waals surface area contributed by atoms with Crippen LogP contribution < -0.4 is 5.11 Å². The van der Waals surface area contributed by atoms with Crippen molar-refractivity contribution in [1.82, 2.24) is 4.90 Å². The smallest absolute Gasteiger partial charge is 0.230 e. The minimum absolute atomic E-state index is 0.0211. The number of carbonyl (C=O) groups excluding carboxylic acids is 3. The standard InChI is InChI=1S/C19H19NO6/c1-8-14(11-4-3-7-25-11)20-16(9(2)15(8)21)19-6-5-10(26-19)12(18(23)24)13(19)17(20)22/h3-10,12-14,16H,1-2H3,(H,23,24)/p-1/t8-,9+,10+,12-,13+,14+,16-,19-/m0/s1. The Balaban J connectivity index is 1.69. The molecule has 5 rings (SSSR count). The maximum Gasteiger partial charge on any atom is 0.230 e. The predicted octanol–water partition coefficient (Wildman–Crippen LogP) is 0.0761. The quantitative estimate of drug-likeness (QED) is 0.696. The van der Waals surface area contributed by atoms with Gasteiger partial charge in [0.05, 0.1) is 30.4 Å². The molecule has 0 N–H and O–H groups in total. The Morgan fingerprint density at radius 3 is 2.69 bits per heavy atom. The molecule has 26 heavy (non-hydrogen) atoms. The van der Waals surface area contributed by atoms with Crippen LogP contribution in [-0.2, 0) is 19.1 Å².